The third-order valence-electron chi connectivity index (χ3n) is 8.07. The van der Waals surface area contributed by atoms with Gasteiger partial charge in [-0.1, -0.05) is 44.7 Å². The zero-order valence-corrected chi connectivity index (χ0v) is 29.5. The Morgan fingerprint density at radius 1 is 0.579 bits per heavy atom. The van der Waals surface area contributed by atoms with Gasteiger partial charge in [-0.2, -0.15) is 61.5 Å². The maximum atomic E-state index is 14.9. The number of alkyl halides is 13. The van der Waals surface area contributed by atoms with Crippen LogP contribution >= 0.6 is 11.6 Å². The number of hydrogen-bond donors (Lipinski definition) is 0. The zero-order chi connectivity index (χ0) is 43.4. The Morgan fingerprint density at radius 2 is 1.05 bits per heavy atom. The van der Waals surface area contributed by atoms with E-state index < -0.39 is 106 Å². The molecule has 0 aliphatic rings. The lowest BCUT2D eigenvalue weighted by Gasteiger charge is -2.40. The Hall–Kier alpha value is -4.43. The molecule has 316 valence electrons. The van der Waals surface area contributed by atoms with Crippen molar-refractivity contribution in [1.29, 1.82) is 0 Å². The molecule has 0 unspecified atom stereocenters. The molecule has 22 heteroatoms. The van der Waals surface area contributed by atoms with E-state index in [0.717, 1.165) is 67.8 Å². The monoisotopic (exact) mass is 866 g/mol. The topological polar surface area (TPSA) is 61.8 Å². The van der Waals surface area contributed by atoms with Crippen molar-refractivity contribution in [3.63, 3.8) is 0 Å². The van der Waals surface area contributed by atoms with Crippen LogP contribution in [0.2, 0.25) is 0 Å². The van der Waals surface area contributed by atoms with Crippen LogP contribution in [0.15, 0.2) is 48.5 Å². The molecule has 57 heavy (non-hydrogen) atoms. The molecule has 0 spiro atoms. The highest BCUT2D eigenvalue weighted by molar-refractivity contribution is 6.22. The van der Waals surface area contributed by atoms with Gasteiger partial charge in [0.1, 0.15) is 5.75 Å². The summed E-state index contributed by atoms with van der Waals surface area (Å²) in [4.78, 5) is 24.7. The van der Waals surface area contributed by atoms with Gasteiger partial charge in [0, 0.05) is 0 Å². The van der Waals surface area contributed by atoms with Crippen LogP contribution in [0.4, 0.5) is 70.2 Å². The molecule has 0 aliphatic carbocycles. The average Bonchev–Trinajstić information content (AvgIpc) is 3.13. The number of benzene rings is 3. The Labute approximate surface area is 316 Å². The fourth-order valence-corrected chi connectivity index (χ4v) is 4.90. The SMILES string of the molecule is CCCCCCCOc1c(F)c(F)c(-c2ccc(C(=O)Oc3ccc(C(=O)OCCC(F)(F)C(F)(F)C(F)(F)C(F)(F)C(F)(F)C(F)(F)Cl)cc3)cc2)c(F)c1F. The molecule has 0 fully saturated rings. The first-order chi connectivity index (χ1) is 26.2. The third-order valence-corrected chi connectivity index (χ3v) is 8.31. The highest BCUT2D eigenvalue weighted by Gasteiger charge is 2.89. The summed E-state index contributed by atoms with van der Waals surface area (Å²) in [6, 6.07) is 7.03. The highest BCUT2D eigenvalue weighted by Crippen LogP contribution is 2.61. The Kier molecular flexibility index (Phi) is 14.5. The van der Waals surface area contributed by atoms with Crippen LogP contribution in [0.3, 0.4) is 0 Å². The lowest BCUT2D eigenvalue weighted by atomic mass is 9.93. The minimum absolute atomic E-state index is 0.203. The minimum atomic E-state index is -7.84. The first kappa shape index (κ1) is 46.9. The molecule has 3 aromatic carbocycles. The minimum Gasteiger partial charge on any atom is -0.487 e. The largest absolute Gasteiger partial charge is 0.487 e. The standard InChI is InChI=1S/C35H27ClF16O5/c1-2-3-4-5-6-16-55-27-25(39)23(37)22(24(38)26(27)40)18-7-9-20(10-8-18)29(54)57-21-13-11-19(12-14-21)28(53)56-17-15-30(41,42)31(43,44)32(45,46)33(47,48)34(49,50)35(36,51)52/h7-14H,2-6,15-17H2,1H3. The molecule has 0 bridgehead atoms. The predicted octanol–water partition coefficient (Wildman–Crippen LogP) is 12.0. The predicted molar refractivity (Wildman–Crippen MR) is 168 cm³/mol. The summed E-state index contributed by atoms with van der Waals surface area (Å²) in [5.74, 6) is -48.5. The summed E-state index contributed by atoms with van der Waals surface area (Å²) in [7, 11) is 0. The van der Waals surface area contributed by atoms with Crippen LogP contribution in [-0.4, -0.2) is 60.1 Å². The summed E-state index contributed by atoms with van der Waals surface area (Å²) >= 11 is 3.63. The van der Waals surface area contributed by atoms with Gasteiger partial charge >= 0.3 is 46.9 Å². The van der Waals surface area contributed by atoms with Gasteiger partial charge in [-0.25, -0.2) is 18.4 Å². The molecule has 0 saturated carbocycles. The van der Waals surface area contributed by atoms with Crippen LogP contribution in [0.5, 0.6) is 11.5 Å². The Morgan fingerprint density at radius 3 is 1.56 bits per heavy atom. The number of unbranched alkanes of at least 4 members (excludes halogenated alkanes) is 4. The maximum Gasteiger partial charge on any atom is 0.393 e. The highest BCUT2D eigenvalue weighted by atomic mass is 35.5. The van der Waals surface area contributed by atoms with Crippen LogP contribution in [0.1, 0.15) is 66.2 Å². The van der Waals surface area contributed by atoms with Crippen LogP contribution in [0.25, 0.3) is 11.1 Å². The summed E-state index contributed by atoms with van der Waals surface area (Å²) in [6.07, 6.45) is 1.00. The van der Waals surface area contributed by atoms with Crippen molar-refractivity contribution < 1.29 is 94.0 Å². The van der Waals surface area contributed by atoms with Gasteiger partial charge in [-0.05, 0) is 60.0 Å². The van der Waals surface area contributed by atoms with Crippen molar-refractivity contribution in [3.05, 3.63) is 82.9 Å². The Balaban J connectivity index is 1.63. The van der Waals surface area contributed by atoms with E-state index in [2.05, 4.69) is 16.3 Å². The van der Waals surface area contributed by atoms with Crippen LogP contribution in [0, 0.1) is 23.3 Å². The lowest BCUT2D eigenvalue weighted by Crippen LogP contribution is -2.70. The van der Waals surface area contributed by atoms with Crippen LogP contribution < -0.4 is 9.47 Å². The number of carbonyl (C=O) groups excluding carboxylic acids is 2. The van der Waals surface area contributed by atoms with Gasteiger partial charge in [0.15, 0.2) is 17.4 Å². The quantitative estimate of drug-likeness (QED) is 0.0300. The molecule has 3 aromatic rings. The van der Waals surface area contributed by atoms with E-state index in [1.54, 1.807) is 0 Å². The van der Waals surface area contributed by atoms with Gasteiger partial charge in [-0.15, -0.1) is 0 Å². The summed E-state index contributed by atoms with van der Waals surface area (Å²) < 4.78 is 235. The number of hydrogen-bond acceptors (Lipinski definition) is 5. The first-order valence-corrected chi connectivity index (χ1v) is 16.6. The second-order valence-electron chi connectivity index (χ2n) is 12.1. The molecule has 0 saturated heterocycles. The van der Waals surface area contributed by atoms with Crippen molar-refractivity contribution >= 4 is 23.5 Å². The molecule has 0 aliphatic heterocycles. The smallest absolute Gasteiger partial charge is 0.393 e. The molecular weight excluding hydrogens is 840 g/mol. The average molecular weight is 867 g/mol. The molecule has 5 nitrogen and oxygen atoms in total. The number of rotatable bonds is 19. The lowest BCUT2D eigenvalue weighted by molar-refractivity contribution is -0.417. The van der Waals surface area contributed by atoms with E-state index in [1.807, 2.05) is 6.92 Å². The number of esters is 2. The molecule has 0 N–H and O–H groups in total. The molecule has 0 amide bonds. The molecule has 0 radical (unpaired) electrons. The molecular formula is C35H27ClF16O5. The fraction of sp³-hybridized carbons (Fsp3) is 0.429. The number of halogens is 17. The van der Waals surface area contributed by atoms with Crippen molar-refractivity contribution in [2.24, 2.45) is 0 Å². The van der Waals surface area contributed by atoms with E-state index in [1.165, 1.54) is 0 Å². The zero-order valence-electron chi connectivity index (χ0n) is 28.7. The first-order valence-electron chi connectivity index (χ1n) is 16.2. The molecule has 0 atom stereocenters. The van der Waals surface area contributed by atoms with Crippen molar-refractivity contribution in [2.45, 2.75) is 80.4 Å². The van der Waals surface area contributed by atoms with E-state index in [-0.39, 0.29) is 17.9 Å². The summed E-state index contributed by atoms with van der Waals surface area (Å²) in [5, 5.41) is -6.59. The molecule has 3 rings (SSSR count). The van der Waals surface area contributed by atoms with Crippen molar-refractivity contribution in [1.82, 2.24) is 0 Å². The Bertz CT molecular complexity index is 1850. The second-order valence-corrected chi connectivity index (χ2v) is 12.6. The van der Waals surface area contributed by atoms with Crippen molar-refractivity contribution in [3.8, 4) is 22.6 Å². The van der Waals surface area contributed by atoms with Gasteiger partial charge in [0.25, 0.3) is 0 Å². The van der Waals surface area contributed by atoms with Gasteiger partial charge in [0.2, 0.25) is 11.6 Å². The van der Waals surface area contributed by atoms with Gasteiger partial charge in [0.05, 0.1) is 36.3 Å². The van der Waals surface area contributed by atoms with E-state index >= 15 is 0 Å². The second kappa shape index (κ2) is 17.6. The summed E-state index contributed by atoms with van der Waals surface area (Å²) in [5.41, 5.74) is -2.42. The third kappa shape index (κ3) is 9.49. The number of carbonyl (C=O) groups is 2. The van der Waals surface area contributed by atoms with Gasteiger partial charge < -0.3 is 14.2 Å². The van der Waals surface area contributed by atoms with E-state index in [0.29, 0.717) is 12.8 Å². The summed E-state index contributed by atoms with van der Waals surface area (Å²) in [6.45, 7) is -0.175. The number of ether oxygens (including phenoxy) is 3. The normalized spacial score (nSPS) is 13.1. The van der Waals surface area contributed by atoms with Gasteiger partial charge in [-0.3, -0.25) is 0 Å². The van der Waals surface area contributed by atoms with E-state index in [4.69, 9.17) is 9.47 Å². The van der Waals surface area contributed by atoms with Crippen molar-refractivity contribution in [2.75, 3.05) is 13.2 Å². The van der Waals surface area contributed by atoms with Crippen LogP contribution in [-0.2, 0) is 4.74 Å². The maximum absolute atomic E-state index is 14.9. The molecule has 0 aromatic heterocycles. The van der Waals surface area contributed by atoms with E-state index in [9.17, 15) is 79.8 Å². The molecule has 0 heterocycles. The fourth-order valence-electron chi connectivity index (χ4n) is 4.78.